The first-order chi connectivity index (χ1) is 9.69. The molecule has 102 valence electrons. The number of nitrogens with zero attached hydrogens (tertiary/aromatic N) is 1. The highest BCUT2D eigenvalue weighted by Gasteiger charge is 2.32. The van der Waals surface area contributed by atoms with Gasteiger partial charge in [-0.05, 0) is 28.1 Å². The van der Waals surface area contributed by atoms with Crippen LogP contribution in [0, 0.1) is 0 Å². The normalized spacial score (nSPS) is 16.9. The maximum absolute atomic E-state index is 12.2. The van der Waals surface area contributed by atoms with Crippen LogP contribution in [-0.4, -0.2) is 18.0 Å². The largest absolute Gasteiger partial charge is 0.496 e. The zero-order chi connectivity index (χ0) is 14.1. The molecule has 0 radical (unpaired) electrons. The van der Waals surface area contributed by atoms with E-state index in [2.05, 4.69) is 26.2 Å². The molecule has 1 aromatic carbocycles. The maximum Gasteiger partial charge on any atom is 0.271 e. The summed E-state index contributed by atoms with van der Waals surface area (Å²) in [7, 11) is 1.56. The number of hydrogen-bond donors (Lipinski definition) is 1. The molecule has 1 unspecified atom stereocenters. The molecule has 2 aromatic rings. The molecule has 0 spiro atoms. The van der Waals surface area contributed by atoms with Gasteiger partial charge in [-0.2, -0.15) is 0 Å². The molecule has 5 nitrogen and oxygen atoms in total. The number of benzene rings is 1. The van der Waals surface area contributed by atoms with Crippen LogP contribution in [0.2, 0.25) is 0 Å². The van der Waals surface area contributed by atoms with Gasteiger partial charge in [0.1, 0.15) is 5.75 Å². The van der Waals surface area contributed by atoms with E-state index in [1.807, 2.05) is 12.1 Å². The summed E-state index contributed by atoms with van der Waals surface area (Å²) in [6.07, 6.45) is 0.848. The molecule has 1 atom stereocenters. The number of amides is 1. The number of anilines is 1. The summed E-state index contributed by atoms with van der Waals surface area (Å²) in [4.78, 5) is 16.3. The molecular weight excluding hydrogens is 324 g/mol. The SMILES string of the molecule is COc1ccccc1C1Oc2cc(Br)cnc2NC1=O. The van der Waals surface area contributed by atoms with Crippen LogP contribution in [0.15, 0.2) is 41.0 Å². The van der Waals surface area contributed by atoms with Gasteiger partial charge in [0.05, 0.1) is 7.11 Å². The smallest absolute Gasteiger partial charge is 0.271 e. The number of nitrogens with one attached hydrogen (secondary N) is 1. The van der Waals surface area contributed by atoms with Crippen molar-refractivity contribution < 1.29 is 14.3 Å². The molecule has 3 rings (SSSR count). The number of hydrogen-bond acceptors (Lipinski definition) is 4. The number of methoxy groups -OCH3 is 1. The van der Waals surface area contributed by atoms with E-state index in [9.17, 15) is 4.79 Å². The van der Waals surface area contributed by atoms with Crippen LogP contribution in [0.4, 0.5) is 5.82 Å². The van der Waals surface area contributed by atoms with Crippen molar-refractivity contribution in [1.82, 2.24) is 4.98 Å². The molecule has 1 amide bonds. The topological polar surface area (TPSA) is 60.5 Å². The Morgan fingerprint density at radius 2 is 2.20 bits per heavy atom. The van der Waals surface area contributed by atoms with Gasteiger partial charge in [-0.3, -0.25) is 4.79 Å². The van der Waals surface area contributed by atoms with Crippen molar-refractivity contribution in [3.05, 3.63) is 46.6 Å². The average Bonchev–Trinajstić information content (AvgIpc) is 2.47. The average molecular weight is 335 g/mol. The number of ether oxygens (including phenoxy) is 2. The highest BCUT2D eigenvalue weighted by atomic mass is 79.9. The molecule has 0 aliphatic carbocycles. The molecule has 0 saturated heterocycles. The zero-order valence-electron chi connectivity index (χ0n) is 10.6. The quantitative estimate of drug-likeness (QED) is 0.917. The second kappa shape index (κ2) is 5.13. The van der Waals surface area contributed by atoms with Gasteiger partial charge in [-0.15, -0.1) is 0 Å². The van der Waals surface area contributed by atoms with Crippen LogP contribution in [0.5, 0.6) is 11.5 Å². The van der Waals surface area contributed by atoms with E-state index < -0.39 is 6.10 Å². The second-order valence-corrected chi connectivity index (χ2v) is 5.15. The lowest BCUT2D eigenvalue weighted by molar-refractivity contribution is -0.123. The van der Waals surface area contributed by atoms with Crippen LogP contribution in [0.25, 0.3) is 0 Å². The number of fused-ring (bicyclic) bond motifs is 1. The van der Waals surface area contributed by atoms with Crippen LogP contribution in [0.3, 0.4) is 0 Å². The van der Waals surface area contributed by atoms with Gasteiger partial charge >= 0.3 is 0 Å². The summed E-state index contributed by atoms with van der Waals surface area (Å²) in [5.41, 5.74) is 0.679. The van der Waals surface area contributed by atoms with Crippen molar-refractivity contribution in [2.24, 2.45) is 0 Å². The van der Waals surface area contributed by atoms with Crippen molar-refractivity contribution >= 4 is 27.7 Å². The number of aromatic nitrogens is 1. The van der Waals surface area contributed by atoms with Crippen molar-refractivity contribution in [2.75, 3.05) is 12.4 Å². The third kappa shape index (κ3) is 2.22. The van der Waals surface area contributed by atoms with Crippen molar-refractivity contribution in [1.29, 1.82) is 0 Å². The van der Waals surface area contributed by atoms with Gasteiger partial charge < -0.3 is 14.8 Å². The first kappa shape index (κ1) is 12.9. The predicted octanol–water partition coefficient (Wildman–Crippen LogP) is 2.92. The highest BCUT2D eigenvalue weighted by molar-refractivity contribution is 9.10. The molecule has 1 aliphatic heterocycles. The molecule has 1 aromatic heterocycles. The molecule has 20 heavy (non-hydrogen) atoms. The number of rotatable bonds is 2. The Morgan fingerprint density at radius 3 is 3.00 bits per heavy atom. The third-order valence-electron chi connectivity index (χ3n) is 2.97. The highest BCUT2D eigenvalue weighted by Crippen LogP contribution is 2.37. The van der Waals surface area contributed by atoms with E-state index in [0.29, 0.717) is 22.9 Å². The fourth-order valence-corrected chi connectivity index (χ4v) is 2.37. The number of para-hydroxylation sites is 1. The molecule has 1 aliphatic rings. The van der Waals surface area contributed by atoms with Gasteiger partial charge in [0.2, 0.25) is 6.10 Å². The summed E-state index contributed by atoms with van der Waals surface area (Å²) in [6.45, 7) is 0. The van der Waals surface area contributed by atoms with E-state index >= 15 is 0 Å². The molecule has 0 bridgehead atoms. The second-order valence-electron chi connectivity index (χ2n) is 4.23. The fourth-order valence-electron chi connectivity index (χ4n) is 2.05. The molecule has 6 heteroatoms. The lowest BCUT2D eigenvalue weighted by Gasteiger charge is -2.26. The van der Waals surface area contributed by atoms with Crippen molar-refractivity contribution in [3.63, 3.8) is 0 Å². The molecular formula is C14H11BrN2O3. The Hall–Kier alpha value is -2.08. The van der Waals surface area contributed by atoms with Crippen molar-refractivity contribution in [2.45, 2.75) is 6.10 Å². The standard InChI is InChI=1S/C14H11BrN2O3/c1-19-10-5-3-2-4-9(10)12-14(18)17-13-11(20-12)6-8(15)7-16-13/h2-7,12H,1H3,(H,16,17,18). The lowest BCUT2D eigenvalue weighted by Crippen LogP contribution is -2.30. The van der Waals surface area contributed by atoms with Gasteiger partial charge in [0.15, 0.2) is 11.6 Å². The monoisotopic (exact) mass is 334 g/mol. The Kier molecular flexibility index (Phi) is 3.31. The van der Waals surface area contributed by atoms with E-state index in [1.165, 1.54) is 0 Å². The Morgan fingerprint density at radius 1 is 1.40 bits per heavy atom. The number of carbonyl (C=O) groups excluding carboxylic acids is 1. The number of halogens is 1. The summed E-state index contributed by atoms with van der Waals surface area (Å²) < 4.78 is 11.8. The summed E-state index contributed by atoms with van der Waals surface area (Å²) in [5, 5.41) is 2.74. The number of pyridine rings is 1. The van der Waals surface area contributed by atoms with E-state index in [-0.39, 0.29) is 5.91 Å². The predicted molar refractivity (Wildman–Crippen MR) is 76.9 cm³/mol. The minimum atomic E-state index is -0.755. The maximum atomic E-state index is 12.2. The van der Waals surface area contributed by atoms with Gasteiger partial charge in [0.25, 0.3) is 5.91 Å². The Labute approximate surface area is 124 Å². The first-order valence-electron chi connectivity index (χ1n) is 5.95. The minimum Gasteiger partial charge on any atom is -0.496 e. The van der Waals surface area contributed by atoms with Crippen LogP contribution < -0.4 is 14.8 Å². The molecule has 0 saturated carbocycles. The molecule has 2 heterocycles. The Bertz CT molecular complexity index is 675. The zero-order valence-corrected chi connectivity index (χ0v) is 12.2. The molecule has 0 fully saturated rings. The third-order valence-corrected chi connectivity index (χ3v) is 3.40. The minimum absolute atomic E-state index is 0.267. The van der Waals surface area contributed by atoms with Gasteiger partial charge in [-0.25, -0.2) is 4.98 Å². The van der Waals surface area contributed by atoms with Gasteiger partial charge in [-0.1, -0.05) is 18.2 Å². The van der Waals surface area contributed by atoms with E-state index in [1.54, 1.807) is 31.5 Å². The van der Waals surface area contributed by atoms with E-state index in [4.69, 9.17) is 9.47 Å². The summed E-state index contributed by atoms with van der Waals surface area (Å²) in [6, 6.07) is 9.04. The lowest BCUT2D eigenvalue weighted by atomic mass is 10.1. The summed E-state index contributed by atoms with van der Waals surface area (Å²) in [5.74, 6) is 1.29. The number of carbonyl (C=O) groups is 1. The summed E-state index contributed by atoms with van der Waals surface area (Å²) >= 11 is 3.33. The van der Waals surface area contributed by atoms with Crippen LogP contribution in [0.1, 0.15) is 11.7 Å². The fraction of sp³-hybridized carbons (Fsp3) is 0.143. The van der Waals surface area contributed by atoms with Gasteiger partial charge in [0, 0.05) is 16.2 Å². The molecule has 1 N–H and O–H groups in total. The van der Waals surface area contributed by atoms with Crippen LogP contribution >= 0.6 is 15.9 Å². The Balaban J connectivity index is 2.01. The van der Waals surface area contributed by atoms with Crippen molar-refractivity contribution in [3.8, 4) is 11.5 Å². The first-order valence-corrected chi connectivity index (χ1v) is 6.74. The van der Waals surface area contributed by atoms with Crippen LogP contribution in [-0.2, 0) is 4.79 Å². The van der Waals surface area contributed by atoms with E-state index in [0.717, 1.165) is 4.47 Å².